The molecule has 1 atom stereocenters. The molecule has 0 aliphatic carbocycles. The number of carbonyl (C=O) groups excluding carboxylic acids is 1. The van der Waals surface area contributed by atoms with Gasteiger partial charge in [0, 0.05) is 11.1 Å². The van der Waals surface area contributed by atoms with Gasteiger partial charge in [0.25, 0.3) is 5.91 Å². The summed E-state index contributed by atoms with van der Waals surface area (Å²) in [6, 6.07) is 18.3. The lowest BCUT2D eigenvalue weighted by atomic mass is 9.82. The molecule has 0 N–H and O–H groups in total. The van der Waals surface area contributed by atoms with Crippen LogP contribution in [0.3, 0.4) is 0 Å². The quantitative estimate of drug-likeness (QED) is 0.766. The topological polar surface area (TPSA) is 20.3 Å². The third kappa shape index (κ3) is 1.90. The van der Waals surface area contributed by atoms with Crippen molar-refractivity contribution in [2.24, 2.45) is 0 Å². The van der Waals surface area contributed by atoms with Crippen molar-refractivity contribution >= 4 is 5.91 Å². The molecule has 0 saturated carbocycles. The summed E-state index contributed by atoms with van der Waals surface area (Å²) in [5, 5.41) is 0. The summed E-state index contributed by atoms with van der Waals surface area (Å²) in [7, 11) is 0. The summed E-state index contributed by atoms with van der Waals surface area (Å²) in [4.78, 5) is 15.0. The van der Waals surface area contributed by atoms with E-state index in [4.69, 9.17) is 0 Å². The predicted octanol–water partition coefficient (Wildman–Crippen LogP) is 4.20. The molecule has 1 amide bonds. The van der Waals surface area contributed by atoms with E-state index in [9.17, 15) is 4.79 Å². The van der Waals surface area contributed by atoms with Crippen molar-refractivity contribution in [3.05, 3.63) is 71.3 Å². The fraction of sp³-hybridized carbons (Fsp3) is 0.316. The molecule has 1 unspecified atom stereocenters. The zero-order chi connectivity index (χ0) is 15.3. The standard InChI is InChI=1S/C19H21NO/c1-18(2,3)20-17(21)15-12-8-9-13-16(15)19(20,4)14-10-6-5-7-11-14/h5-13H,1-4H3. The smallest absolute Gasteiger partial charge is 0.255 e. The van der Waals surface area contributed by atoms with Crippen molar-refractivity contribution in [3.8, 4) is 0 Å². The summed E-state index contributed by atoms with van der Waals surface area (Å²) >= 11 is 0. The van der Waals surface area contributed by atoms with E-state index in [1.807, 2.05) is 41.3 Å². The van der Waals surface area contributed by atoms with E-state index in [-0.39, 0.29) is 11.4 Å². The highest BCUT2D eigenvalue weighted by Gasteiger charge is 2.51. The molecule has 0 bridgehead atoms. The number of benzene rings is 2. The normalized spacial score (nSPS) is 21.5. The van der Waals surface area contributed by atoms with Gasteiger partial charge >= 0.3 is 0 Å². The van der Waals surface area contributed by atoms with Crippen molar-refractivity contribution < 1.29 is 4.79 Å². The fourth-order valence-corrected chi connectivity index (χ4v) is 3.56. The van der Waals surface area contributed by atoms with Gasteiger partial charge in [-0.1, -0.05) is 48.5 Å². The summed E-state index contributed by atoms with van der Waals surface area (Å²) in [6.07, 6.45) is 0. The van der Waals surface area contributed by atoms with Gasteiger partial charge in [0.1, 0.15) is 0 Å². The van der Waals surface area contributed by atoms with Gasteiger partial charge in [-0.05, 0) is 44.9 Å². The number of hydrogen-bond donors (Lipinski definition) is 0. The molecule has 21 heavy (non-hydrogen) atoms. The molecule has 2 aromatic carbocycles. The summed E-state index contributed by atoms with van der Waals surface area (Å²) in [5.41, 5.74) is 2.39. The molecule has 0 spiro atoms. The number of amides is 1. The molecule has 0 radical (unpaired) electrons. The second-order valence-corrected chi connectivity index (χ2v) is 6.80. The highest BCUT2D eigenvalue weighted by Crippen LogP contribution is 2.47. The Morgan fingerprint density at radius 3 is 2.10 bits per heavy atom. The molecular formula is C19H21NO. The molecule has 2 heteroatoms. The lowest BCUT2D eigenvalue weighted by Gasteiger charge is -2.45. The number of nitrogens with zero attached hydrogens (tertiary/aromatic N) is 1. The molecule has 0 saturated heterocycles. The van der Waals surface area contributed by atoms with Crippen LogP contribution in [0.4, 0.5) is 0 Å². The lowest BCUT2D eigenvalue weighted by molar-refractivity contribution is 0.0359. The molecule has 0 fully saturated rings. The Morgan fingerprint density at radius 2 is 1.48 bits per heavy atom. The summed E-state index contributed by atoms with van der Waals surface area (Å²) < 4.78 is 0. The number of hydrogen-bond acceptors (Lipinski definition) is 1. The highest BCUT2D eigenvalue weighted by atomic mass is 16.2. The van der Waals surface area contributed by atoms with Crippen molar-refractivity contribution in [1.29, 1.82) is 0 Å². The van der Waals surface area contributed by atoms with Crippen LogP contribution in [0.1, 0.15) is 49.2 Å². The van der Waals surface area contributed by atoms with Gasteiger partial charge in [-0.2, -0.15) is 0 Å². The van der Waals surface area contributed by atoms with Crippen LogP contribution >= 0.6 is 0 Å². The van der Waals surface area contributed by atoms with Gasteiger partial charge in [-0.25, -0.2) is 0 Å². The van der Waals surface area contributed by atoms with Crippen molar-refractivity contribution in [2.75, 3.05) is 0 Å². The molecule has 1 heterocycles. The Labute approximate surface area is 126 Å². The molecular weight excluding hydrogens is 258 g/mol. The Bertz CT molecular complexity index is 684. The minimum Gasteiger partial charge on any atom is -0.320 e. The molecule has 3 rings (SSSR count). The van der Waals surface area contributed by atoms with Gasteiger partial charge in [0.05, 0.1) is 5.54 Å². The molecule has 2 aromatic rings. The first-order valence-corrected chi connectivity index (χ1v) is 7.36. The molecule has 0 aromatic heterocycles. The van der Waals surface area contributed by atoms with E-state index in [0.29, 0.717) is 0 Å². The number of fused-ring (bicyclic) bond motifs is 1. The fourth-order valence-electron chi connectivity index (χ4n) is 3.56. The molecule has 1 aliphatic rings. The number of carbonyl (C=O) groups is 1. The predicted molar refractivity (Wildman–Crippen MR) is 85.3 cm³/mol. The lowest BCUT2D eigenvalue weighted by Crippen LogP contribution is -2.52. The first-order chi connectivity index (χ1) is 9.87. The maximum absolute atomic E-state index is 13.0. The first kappa shape index (κ1) is 13.9. The number of rotatable bonds is 1. The molecule has 2 nitrogen and oxygen atoms in total. The minimum absolute atomic E-state index is 0.115. The van der Waals surface area contributed by atoms with Crippen molar-refractivity contribution in [3.63, 3.8) is 0 Å². The van der Waals surface area contributed by atoms with Crippen LogP contribution in [0, 0.1) is 0 Å². The average molecular weight is 279 g/mol. The monoisotopic (exact) mass is 279 g/mol. The third-order valence-corrected chi connectivity index (χ3v) is 4.34. The third-order valence-electron chi connectivity index (χ3n) is 4.34. The SMILES string of the molecule is CC(C)(C)N1C(=O)c2ccccc2C1(C)c1ccccc1. The van der Waals surface area contributed by atoms with Crippen molar-refractivity contribution in [1.82, 2.24) is 4.90 Å². The van der Waals surface area contributed by atoms with Gasteiger partial charge in [-0.3, -0.25) is 4.79 Å². The largest absolute Gasteiger partial charge is 0.320 e. The maximum atomic E-state index is 13.0. The second-order valence-electron chi connectivity index (χ2n) is 6.80. The van der Waals surface area contributed by atoms with E-state index < -0.39 is 5.54 Å². The van der Waals surface area contributed by atoms with E-state index >= 15 is 0 Å². The minimum atomic E-state index is -0.423. The van der Waals surface area contributed by atoms with E-state index in [2.05, 4.69) is 45.9 Å². The summed E-state index contributed by atoms with van der Waals surface area (Å²) in [6.45, 7) is 8.44. The van der Waals surface area contributed by atoms with Gasteiger partial charge in [0.15, 0.2) is 0 Å². The van der Waals surface area contributed by atoms with E-state index in [0.717, 1.165) is 16.7 Å². The van der Waals surface area contributed by atoms with Crippen LogP contribution in [-0.2, 0) is 5.54 Å². The van der Waals surface area contributed by atoms with Gasteiger partial charge < -0.3 is 4.90 Å². The zero-order valence-electron chi connectivity index (χ0n) is 13.1. The average Bonchev–Trinajstić information content (AvgIpc) is 2.70. The maximum Gasteiger partial charge on any atom is 0.255 e. The van der Waals surface area contributed by atoms with Gasteiger partial charge in [-0.15, -0.1) is 0 Å². The first-order valence-electron chi connectivity index (χ1n) is 7.36. The van der Waals surface area contributed by atoms with E-state index in [1.54, 1.807) is 0 Å². The van der Waals surface area contributed by atoms with Crippen molar-refractivity contribution in [2.45, 2.75) is 38.8 Å². The van der Waals surface area contributed by atoms with Crippen LogP contribution in [0.2, 0.25) is 0 Å². The Balaban J connectivity index is 2.31. The van der Waals surface area contributed by atoms with Crippen LogP contribution in [0.5, 0.6) is 0 Å². The zero-order valence-corrected chi connectivity index (χ0v) is 13.1. The second kappa shape index (κ2) is 4.45. The Hall–Kier alpha value is -2.09. The van der Waals surface area contributed by atoms with Crippen LogP contribution in [0.25, 0.3) is 0 Å². The van der Waals surface area contributed by atoms with Crippen LogP contribution in [-0.4, -0.2) is 16.3 Å². The van der Waals surface area contributed by atoms with E-state index in [1.165, 1.54) is 0 Å². The molecule has 1 aliphatic heterocycles. The van der Waals surface area contributed by atoms with Crippen LogP contribution in [0.15, 0.2) is 54.6 Å². The molecule has 108 valence electrons. The van der Waals surface area contributed by atoms with Gasteiger partial charge in [0.2, 0.25) is 0 Å². The highest BCUT2D eigenvalue weighted by molar-refractivity contribution is 6.01. The van der Waals surface area contributed by atoms with Crippen LogP contribution < -0.4 is 0 Å². The Kier molecular flexibility index (Phi) is 2.94. The summed E-state index contributed by atoms with van der Waals surface area (Å²) in [5.74, 6) is 0.115. The Morgan fingerprint density at radius 1 is 0.905 bits per heavy atom.